The van der Waals surface area contributed by atoms with Gasteiger partial charge >= 0.3 is 0 Å². The van der Waals surface area contributed by atoms with Crippen LogP contribution in [0.15, 0.2) is 122 Å². The second kappa shape index (κ2) is 11.8. The first kappa shape index (κ1) is 26.4. The summed E-state index contributed by atoms with van der Waals surface area (Å²) >= 11 is 0. The zero-order valence-corrected chi connectivity index (χ0v) is 24.4. The Morgan fingerprint density at radius 3 is 1.98 bits per heavy atom. The summed E-state index contributed by atoms with van der Waals surface area (Å²) in [6.45, 7) is 2.29. The number of aryl methyl sites for hydroxylation is 1. The minimum atomic E-state index is 1.12. The molecule has 1 heterocycles. The van der Waals surface area contributed by atoms with Gasteiger partial charge in [-0.25, -0.2) is 0 Å². The van der Waals surface area contributed by atoms with Crippen LogP contribution < -0.4 is 0 Å². The molecule has 0 aliphatic rings. The number of hydrogen-bond acceptors (Lipinski definition) is 1. The lowest BCUT2D eigenvalue weighted by molar-refractivity contribution is 0.607. The van der Waals surface area contributed by atoms with E-state index >= 15 is 0 Å². The van der Waals surface area contributed by atoms with Crippen LogP contribution >= 0.6 is 0 Å². The molecule has 0 radical (unpaired) electrons. The van der Waals surface area contributed by atoms with Crippen LogP contribution in [0.3, 0.4) is 0 Å². The molecule has 0 aliphatic carbocycles. The predicted octanol–water partition coefficient (Wildman–Crippen LogP) is 11.9. The Hall–Kier alpha value is -4.49. The van der Waals surface area contributed by atoms with Gasteiger partial charge in [0.2, 0.25) is 0 Å². The highest BCUT2D eigenvalue weighted by molar-refractivity contribution is 6.23. The summed E-state index contributed by atoms with van der Waals surface area (Å²) < 4.78 is 0. The van der Waals surface area contributed by atoms with Crippen LogP contribution in [-0.2, 0) is 6.42 Å². The minimum absolute atomic E-state index is 1.12. The number of hydrogen-bond donors (Lipinski definition) is 0. The van der Waals surface area contributed by atoms with Gasteiger partial charge in [0.25, 0.3) is 0 Å². The van der Waals surface area contributed by atoms with Crippen LogP contribution in [0, 0.1) is 0 Å². The van der Waals surface area contributed by atoms with E-state index in [9.17, 15) is 0 Å². The lowest BCUT2D eigenvalue weighted by atomic mass is 9.84. The molecule has 0 saturated carbocycles. The van der Waals surface area contributed by atoms with Gasteiger partial charge in [0.05, 0.1) is 0 Å². The SMILES string of the molecule is CCCCCCCCc1ccc2c(-c3cncc4ccccc34)c3ccccc3c(-c3ccc4ccccc4c3)c2c1. The number of benzene rings is 6. The van der Waals surface area contributed by atoms with Crippen molar-refractivity contribution in [3.63, 3.8) is 0 Å². The summed E-state index contributed by atoms with van der Waals surface area (Å²) in [5.41, 5.74) is 6.50. The van der Waals surface area contributed by atoms with Crippen LogP contribution in [0.5, 0.6) is 0 Å². The first-order valence-electron chi connectivity index (χ1n) is 15.6. The van der Waals surface area contributed by atoms with Crippen LogP contribution in [0.4, 0.5) is 0 Å². The van der Waals surface area contributed by atoms with Crippen molar-refractivity contribution in [2.24, 2.45) is 0 Å². The van der Waals surface area contributed by atoms with Crippen molar-refractivity contribution in [1.82, 2.24) is 4.98 Å². The van der Waals surface area contributed by atoms with Crippen LogP contribution in [0.2, 0.25) is 0 Å². The van der Waals surface area contributed by atoms with Gasteiger partial charge in [-0.3, -0.25) is 4.98 Å². The summed E-state index contributed by atoms with van der Waals surface area (Å²) in [7, 11) is 0. The molecule has 7 rings (SSSR count). The summed E-state index contributed by atoms with van der Waals surface area (Å²) in [6, 6.07) is 40.5. The smallest absolute Gasteiger partial charge is 0.0353 e. The summed E-state index contributed by atoms with van der Waals surface area (Å²) in [6.07, 6.45) is 13.1. The predicted molar refractivity (Wildman–Crippen MR) is 182 cm³/mol. The number of rotatable bonds is 9. The molecule has 0 bridgehead atoms. The maximum absolute atomic E-state index is 4.71. The zero-order valence-electron chi connectivity index (χ0n) is 24.4. The summed E-state index contributed by atoms with van der Waals surface area (Å²) in [5, 5.41) is 10.2. The van der Waals surface area contributed by atoms with Crippen molar-refractivity contribution in [3.05, 3.63) is 127 Å². The third-order valence-electron chi connectivity index (χ3n) is 8.88. The molecule has 0 spiro atoms. The van der Waals surface area contributed by atoms with Gasteiger partial charge in [-0.2, -0.15) is 0 Å². The van der Waals surface area contributed by atoms with E-state index in [2.05, 4.69) is 122 Å². The lowest BCUT2D eigenvalue weighted by Gasteiger charge is -2.19. The third kappa shape index (κ3) is 4.94. The number of aromatic nitrogens is 1. The molecule has 6 aromatic carbocycles. The normalized spacial score (nSPS) is 11.6. The van der Waals surface area contributed by atoms with Gasteiger partial charge in [-0.15, -0.1) is 0 Å². The average molecular weight is 544 g/mol. The highest BCUT2D eigenvalue weighted by atomic mass is 14.6. The van der Waals surface area contributed by atoms with Gasteiger partial charge in [0, 0.05) is 23.3 Å². The topological polar surface area (TPSA) is 12.9 Å². The molecular weight excluding hydrogens is 506 g/mol. The van der Waals surface area contributed by atoms with Gasteiger partial charge in [-0.1, -0.05) is 142 Å². The monoisotopic (exact) mass is 543 g/mol. The third-order valence-corrected chi connectivity index (χ3v) is 8.88. The van der Waals surface area contributed by atoms with Crippen molar-refractivity contribution in [2.75, 3.05) is 0 Å². The molecule has 1 nitrogen and oxygen atoms in total. The molecule has 0 atom stereocenters. The standard InChI is InChI=1S/C41H37N/c1-2-3-4-5-6-7-14-29-21-24-37-38(25-29)40(32-23-22-30-15-8-9-16-31(30)26-32)35-19-12-13-20-36(35)41(37)39-28-42-27-33-17-10-11-18-34(33)39/h8-13,15-28H,2-7,14H2,1H3. The second-order valence-corrected chi connectivity index (χ2v) is 11.7. The van der Waals surface area contributed by atoms with Gasteiger partial charge in [-0.05, 0) is 78.9 Å². The van der Waals surface area contributed by atoms with E-state index < -0.39 is 0 Å². The zero-order chi connectivity index (χ0) is 28.3. The first-order chi connectivity index (χ1) is 20.8. The molecule has 42 heavy (non-hydrogen) atoms. The van der Waals surface area contributed by atoms with E-state index in [4.69, 9.17) is 4.98 Å². The number of unbranched alkanes of at least 4 members (excludes halogenated alkanes) is 5. The average Bonchev–Trinajstić information content (AvgIpc) is 3.05. The van der Waals surface area contributed by atoms with Gasteiger partial charge in [0.1, 0.15) is 0 Å². The molecule has 0 unspecified atom stereocenters. The maximum Gasteiger partial charge on any atom is 0.0353 e. The fourth-order valence-corrected chi connectivity index (χ4v) is 6.75. The highest BCUT2D eigenvalue weighted by Gasteiger charge is 2.19. The Morgan fingerprint density at radius 2 is 1.14 bits per heavy atom. The fraction of sp³-hybridized carbons (Fsp3) is 0.195. The van der Waals surface area contributed by atoms with E-state index in [-0.39, 0.29) is 0 Å². The van der Waals surface area contributed by atoms with Crippen molar-refractivity contribution in [3.8, 4) is 22.3 Å². The molecule has 7 aromatic rings. The number of nitrogens with zero attached hydrogens (tertiary/aromatic N) is 1. The van der Waals surface area contributed by atoms with E-state index in [1.165, 1.54) is 109 Å². The molecule has 206 valence electrons. The fourth-order valence-electron chi connectivity index (χ4n) is 6.75. The van der Waals surface area contributed by atoms with E-state index in [1.807, 2.05) is 6.20 Å². The van der Waals surface area contributed by atoms with Crippen molar-refractivity contribution in [1.29, 1.82) is 0 Å². The molecule has 0 amide bonds. The molecule has 1 aromatic heterocycles. The van der Waals surface area contributed by atoms with Crippen LogP contribution in [0.25, 0.3) is 65.3 Å². The second-order valence-electron chi connectivity index (χ2n) is 11.7. The van der Waals surface area contributed by atoms with Crippen LogP contribution in [0.1, 0.15) is 51.0 Å². The Bertz CT molecular complexity index is 2030. The summed E-state index contributed by atoms with van der Waals surface area (Å²) in [4.78, 5) is 4.71. The number of fused-ring (bicyclic) bond motifs is 4. The lowest BCUT2D eigenvalue weighted by Crippen LogP contribution is -1.94. The van der Waals surface area contributed by atoms with Crippen LogP contribution in [-0.4, -0.2) is 4.98 Å². The molecule has 0 saturated heterocycles. The van der Waals surface area contributed by atoms with E-state index in [0.717, 1.165) is 6.42 Å². The molecular formula is C41H37N. The molecule has 0 aliphatic heterocycles. The molecule has 1 heteroatoms. The van der Waals surface area contributed by atoms with Gasteiger partial charge in [0.15, 0.2) is 0 Å². The Kier molecular flexibility index (Phi) is 7.41. The maximum atomic E-state index is 4.71. The van der Waals surface area contributed by atoms with E-state index in [0.29, 0.717) is 0 Å². The van der Waals surface area contributed by atoms with E-state index in [1.54, 1.807) is 0 Å². The quantitative estimate of drug-likeness (QED) is 0.130. The van der Waals surface area contributed by atoms with Crippen molar-refractivity contribution in [2.45, 2.75) is 51.9 Å². The van der Waals surface area contributed by atoms with Gasteiger partial charge < -0.3 is 0 Å². The minimum Gasteiger partial charge on any atom is -0.263 e. The molecule has 0 N–H and O–H groups in total. The van der Waals surface area contributed by atoms with Crippen molar-refractivity contribution >= 4 is 43.1 Å². The van der Waals surface area contributed by atoms with Crippen molar-refractivity contribution < 1.29 is 0 Å². The Labute approximate surface area is 248 Å². The highest BCUT2D eigenvalue weighted by Crippen LogP contribution is 2.45. The Balaban J connectivity index is 1.48. The first-order valence-corrected chi connectivity index (χ1v) is 15.6. The molecule has 0 fully saturated rings. The Morgan fingerprint density at radius 1 is 0.476 bits per heavy atom. The largest absolute Gasteiger partial charge is 0.263 e. The number of pyridine rings is 1. The summed E-state index contributed by atoms with van der Waals surface area (Å²) in [5.74, 6) is 0.